The molecule has 0 spiro atoms. The molecular formula is C22H22N2O4S. The minimum Gasteiger partial charge on any atom is -0.492 e. The third-order valence-electron chi connectivity index (χ3n) is 4.86. The first-order valence-electron chi connectivity index (χ1n) is 9.38. The Kier molecular flexibility index (Phi) is 4.92. The molecule has 0 bridgehead atoms. The van der Waals surface area contributed by atoms with Crippen molar-refractivity contribution in [3.05, 3.63) is 65.7 Å². The molecule has 6 nitrogen and oxygen atoms in total. The first-order valence-corrected chi connectivity index (χ1v) is 10.8. The highest BCUT2D eigenvalue weighted by Crippen LogP contribution is 2.41. The zero-order chi connectivity index (χ0) is 20.6. The monoisotopic (exact) mass is 410 g/mol. The first kappa shape index (κ1) is 19.3. The maximum atomic E-state index is 12.9. The smallest absolute Gasteiger partial charge is 0.265 e. The molecule has 0 radical (unpaired) electrons. The van der Waals surface area contributed by atoms with E-state index in [1.54, 1.807) is 24.3 Å². The van der Waals surface area contributed by atoms with E-state index in [0.717, 1.165) is 22.3 Å². The molecule has 7 heteroatoms. The fraction of sp³-hybridized carbons (Fsp3) is 0.227. The summed E-state index contributed by atoms with van der Waals surface area (Å²) in [6, 6.07) is 16.5. The normalized spacial score (nSPS) is 14.2. The van der Waals surface area contributed by atoms with Crippen molar-refractivity contribution < 1.29 is 17.9 Å². The van der Waals surface area contributed by atoms with Crippen LogP contribution < -0.4 is 14.4 Å². The van der Waals surface area contributed by atoms with Crippen LogP contribution >= 0.6 is 0 Å². The van der Waals surface area contributed by atoms with Crippen LogP contribution in [0.2, 0.25) is 0 Å². The molecule has 0 aliphatic carbocycles. The Morgan fingerprint density at radius 1 is 1.03 bits per heavy atom. The standard InChI is InChI=1S/C22H22N2O4S/c1-15-11-16(2)13-18(12-15)28-10-9-23-21(25)14-24-19-7-3-5-17-6-4-8-20(22(17)19)29(24,26)27/h3-8,11-13H,9-10,14H2,1-2H3,(H,23,25). The van der Waals surface area contributed by atoms with E-state index in [1.165, 1.54) is 4.31 Å². The fourth-order valence-electron chi connectivity index (χ4n) is 3.69. The lowest BCUT2D eigenvalue weighted by molar-refractivity contribution is -0.119. The van der Waals surface area contributed by atoms with Gasteiger partial charge in [0.25, 0.3) is 10.0 Å². The second-order valence-electron chi connectivity index (χ2n) is 7.16. The lowest BCUT2D eigenvalue weighted by Gasteiger charge is -2.18. The van der Waals surface area contributed by atoms with Crippen LogP contribution in [0.4, 0.5) is 5.69 Å². The molecule has 150 valence electrons. The largest absolute Gasteiger partial charge is 0.492 e. The zero-order valence-corrected chi connectivity index (χ0v) is 17.1. The Balaban J connectivity index is 1.40. The Morgan fingerprint density at radius 3 is 2.45 bits per heavy atom. The third kappa shape index (κ3) is 3.65. The van der Waals surface area contributed by atoms with Crippen molar-refractivity contribution in [2.24, 2.45) is 0 Å². The van der Waals surface area contributed by atoms with Gasteiger partial charge in [-0.3, -0.25) is 9.10 Å². The SMILES string of the molecule is Cc1cc(C)cc(OCCNC(=O)CN2c3cccc4cccc(c34)S2(=O)=O)c1. The van der Waals surface area contributed by atoms with Gasteiger partial charge < -0.3 is 10.1 Å². The van der Waals surface area contributed by atoms with Crippen LogP contribution in [-0.2, 0) is 14.8 Å². The number of carbonyl (C=O) groups excluding carboxylic acids is 1. The van der Waals surface area contributed by atoms with Crippen molar-refractivity contribution in [2.75, 3.05) is 24.0 Å². The van der Waals surface area contributed by atoms with Crippen molar-refractivity contribution in [3.8, 4) is 5.75 Å². The van der Waals surface area contributed by atoms with E-state index in [9.17, 15) is 13.2 Å². The lowest BCUT2D eigenvalue weighted by atomic mass is 10.1. The predicted molar refractivity (Wildman–Crippen MR) is 113 cm³/mol. The Labute approximate surface area is 170 Å². The molecule has 1 N–H and O–H groups in total. The molecule has 0 unspecified atom stereocenters. The Morgan fingerprint density at radius 2 is 1.72 bits per heavy atom. The summed E-state index contributed by atoms with van der Waals surface area (Å²) in [5.41, 5.74) is 2.76. The molecule has 1 aliphatic rings. The van der Waals surface area contributed by atoms with Crippen LogP contribution in [0.1, 0.15) is 11.1 Å². The average molecular weight is 410 g/mol. The molecule has 1 heterocycles. The zero-order valence-electron chi connectivity index (χ0n) is 16.3. The van der Waals surface area contributed by atoms with Crippen LogP contribution in [0.3, 0.4) is 0 Å². The van der Waals surface area contributed by atoms with Crippen molar-refractivity contribution >= 4 is 32.4 Å². The molecular weight excluding hydrogens is 388 g/mol. The van der Waals surface area contributed by atoms with Gasteiger partial charge in [-0.25, -0.2) is 8.42 Å². The summed E-state index contributed by atoms with van der Waals surface area (Å²) in [6.45, 7) is 4.32. The lowest BCUT2D eigenvalue weighted by Crippen LogP contribution is -2.40. The van der Waals surface area contributed by atoms with Gasteiger partial charge >= 0.3 is 0 Å². The molecule has 0 aromatic heterocycles. The van der Waals surface area contributed by atoms with Gasteiger partial charge in [-0.15, -0.1) is 0 Å². The number of benzene rings is 3. The summed E-state index contributed by atoms with van der Waals surface area (Å²) in [5.74, 6) is 0.378. The van der Waals surface area contributed by atoms with E-state index >= 15 is 0 Å². The number of aryl methyl sites for hydroxylation is 2. The van der Waals surface area contributed by atoms with Gasteiger partial charge in [0.1, 0.15) is 18.9 Å². The maximum absolute atomic E-state index is 12.9. The van der Waals surface area contributed by atoms with Crippen molar-refractivity contribution in [1.29, 1.82) is 0 Å². The second-order valence-corrected chi connectivity index (χ2v) is 9.00. The number of anilines is 1. The van der Waals surface area contributed by atoms with Crippen LogP contribution in [0.15, 0.2) is 59.5 Å². The van der Waals surface area contributed by atoms with Crippen molar-refractivity contribution in [3.63, 3.8) is 0 Å². The van der Waals surface area contributed by atoms with E-state index in [1.807, 2.05) is 38.1 Å². The van der Waals surface area contributed by atoms with E-state index in [4.69, 9.17) is 4.74 Å². The number of nitrogens with one attached hydrogen (secondary N) is 1. The number of carbonyl (C=O) groups is 1. The third-order valence-corrected chi connectivity index (χ3v) is 6.66. The summed E-state index contributed by atoms with van der Waals surface area (Å²) in [7, 11) is -3.74. The highest BCUT2D eigenvalue weighted by Gasteiger charge is 2.36. The number of ether oxygens (including phenoxy) is 1. The molecule has 0 saturated heterocycles. The van der Waals surface area contributed by atoms with E-state index in [0.29, 0.717) is 17.7 Å². The van der Waals surface area contributed by atoms with Crippen LogP contribution in [-0.4, -0.2) is 34.0 Å². The molecule has 4 rings (SSSR count). The number of hydrogen-bond acceptors (Lipinski definition) is 4. The Hall–Kier alpha value is -3.06. The molecule has 1 amide bonds. The molecule has 29 heavy (non-hydrogen) atoms. The van der Waals surface area contributed by atoms with Gasteiger partial charge in [-0.05, 0) is 54.6 Å². The second kappa shape index (κ2) is 7.40. The van der Waals surface area contributed by atoms with Crippen LogP contribution in [0.25, 0.3) is 10.8 Å². The minimum atomic E-state index is -3.74. The topological polar surface area (TPSA) is 75.7 Å². The van der Waals surface area contributed by atoms with E-state index in [-0.39, 0.29) is 23.9 Å². The van der Waals surface area contributed by atoms with Gasteiger partial charge in [0, 0.05) is 5.39 Å². The van der Waals surface area contributed by atoms with Gasteiger partial charge in [0.05, 0.1) is 17.1 Å². The number of rotatable bonds is 6. The summed E-state index contributed by atoms with van der Waals surface area (Å²) < 4.78 is 32.7. The Bertz CT molecular complexity index is 1180. The van der Waals surface area contributed by atoms with Crippen LogP contribution in [0, 0.1) is 13.8 Å². The first-order chi connectivity index (χ1) is 13.9. The number of hydrogen-bond donors (Lipinski definition) is 1. The quantitative estimate of drug-likeness (QED) is 0.634. The van der Waals surface area contributed by atoms with Crippen molar-refractivity contribution in [2.45, 2.75) is 18.7 Å². The fourth-order valence-corrected chi connectivity index (χ4v) is 5.36. The number of nitrogens with zero attached hydrogens (tertiary/aromatic N) is 1. The van der Waals surface area contributed by atoms with Crippen molar-refractivity contribution in [1.82, 2.24) is 5.32 Å². The summed E-state index contributed by atoms with van der Waals surface area (Å²) in [5, 5.41) is 4.24. The number of amides is 1. The van der Waals surface area contributed by atoms with Gasteiger partial charge in [0.15, 0.2) is 0 Å². The highest BCUT2D eigenvalue weighted by molar-refractivity contribution is 7.93. The van der Waals surface area contributed by atoms with Gasteiger partial charge in [-0.1, -0.05) is 30.3 Å². The number of sulfonamides is 1. The molecule has 0 fully saturated rings. The van der Waals surface area contributed by atoms with Crippen LogP contribution in [0.5, 0.6) is 5.75 Å². The summed E-state index contributed by atoms with van der Waals surface area (Å²) in [6.07, 6.45) is 0. The molecule has 1 aliphatic heterocycles. The maximum Gasteiger partial charge on any atom is 0.265 e. The van der Waals surface area contributed by atoms with E-state index < -0.39 is 10.0 Å². The molecule has 0 saturated carbocycles. The van der Waals surface area contributed by atoms with Gasteiger partial charge in [0.2, 0.25) is 5.91 Å². The van der Waals surface area contributed by atoms with Gasteiger partial charge in [-0.2, -0.15) is 0 Å². The highest BCUT2D eigenvalue weighted by atomic mass is 32.2. The molecule has 3 aromatic rings. The molecule has 0 atom stereocenters. The van der Waals surface area contributed by atoms with E-state index in [2.05, 4.69) is 11.4 Å². The molecule has 3 aromatic carbocycles. The minimum absolute atomic E-state index is 0.247. The average Bonchev–Trinajstić information content (AvgIpc) is 2.88. The summed E-state index contributed by atoms with van der Waals surface area (Å²) >= 11 is 0. The predicted octanol–water partition coefficient (Wildman–Crippen LogP) is 3.16. The summed E-state index contributed by atoms with van der Waals surface area (Å²) in [4.78, 5) is 12.7.